The minimum atomic E-state index is -0.0820. The molecule has 0 aromatic heterocycles. The molecule has 0 aliphatic carbocycles. The Balaban J connectivity index is 2.55. The van der Waals surface area contributed by atoms with Gasteiger partial charge in [-0.1, -0.05) is 45.2 Å². The van der Waals surface area contributed by atoms with Gasteiger partial charge in [0.1, 0.15) is 16.5 Å². The Kier molecular flexibility index (Phi) is 6.05. The van der Waals surface area contributed by atoms with Gasteiger partial charge in [0.25, 0.3) is 0 Å². The minimum Gasteiger partial charge on any atom is -0.495 e. The maximum Gasteiger partial charge on any atom is 0.145 e. The highest BCUT2D eigenvalue weighted by Gasteiger charge is 2.21. The van der Waals surface area contributed by atoms with E-state index in [-0.39, 0.29) is 4.83 Å². The van der Waals surface area contributed by atoms with Gasteiger partial charge >= 0.3 is 0 Å². The zero-order valence-electron chi connectivity index (χ0n) is 11.3. The summed E-state index contributed by atoms with van der Waals surface area (Å²) in [5, 5.41) is 1.15. The molecule has 2 rings (SSSR count). The molecule has 0 spiro atoms. The first kappa shape index (κ1) is 17.2. The van der Waals surface area contributed by atoms with Crippen LogP contribution in [0.2, 0.25) is 10.0 Å². The van der Waals surface area contributed by atoms with E-state index in [1.54, 1.807) is 14.2 Å². The van der Waals surface area contributed by atoms with E-state index in [9.17, 15) is 0 Å². The molecule has 0 aliphatic heterocycles. The largest absolute Gasteiger partial charge is 0.495 e. The Morgan fingerprint density at radius 2 is 1.76 bits per heavy atom. The summed E-state index contributed by atoms with van der Waals surface area (Å²) in [5.74, 6) is 1.17. The molecule has 0 radical (unpaired) electrons. The van der Waals surface area contributed by atoms with E-state index in [0.717, 1.165) is 14.7 Å². The molecule has 6 heteroatoms. The quantitative estimate of drug-likeness (QED) is 0.372. The summed E-state index contributed by atoms with van der Waals surface area (Å²) < 4.78 is 11.8. The number of methoxy groups -OCH3 is 2. The molecule has 2 aromatic carbocycles. The van der Waals surface area contributed by atoms with Crippen molar-refractivity contribution in [2.45, 2.75) is 4.83 Å². The molecule has 0 N–H and O–H groups in total. The minimum absolute atomic E-state index is 0.0820. The fourth-order valence-corrected chi connectivity index (χ4v) is 4.32. The second-order valence-corrected chi connectivity index (χ2v) is 7.12. The number of benzene rings is 2. The number of hydrogen-bond acceptors (Lipinski definition) is 2. The standard InChI is InChI=1S/C15H12BrCl2IO2/c1-20-12-6-4-9(15(21-2)14(12)18)13(16)10-7-8(17)3-5-11(10)19/h3-7,13H,1-2H3. The van der Waals surface area contributed by atoms with Crippen molar-refractivity contribution in [2.24, 2.45) is 0 Å². The lowest BCUT2D eigenvalue weighted by Crippen LogP contribution is -2.01. The van der Waals surface area contributed by atoms with Gasteiger partial charge < -0.3 is 9.47 Å². The number of alkyl halides is 1. The summed E-state index contributed by atoms with van der Waals surface area (Å²) in [6.07, 6.45) is 0. The molecule has 112 valence electrons. The SMILES string of the molecule is COc1ccc(C(Br)c2cc(Cl)ccc2I)c(OC)c1Cl. The fraction of sp³-hybridized carbons (Fsp3) is 0.200. The predicted molar refractivity (Wildman–Crippen MR) is 99.5 cm³/mol. The second-order valence-electron chi connectivity index (χ2n) is 4.23. The first-order valence-electron chi connectivity index (χ1n) is 5.99. The van der Waals surface area contributed by atoms with Crippen LogP contribution in [0.25, 0.3) is 0 Å². The molecule has 1 unspecified atom stereocenters. The van der Waals surface area contributed by atoms with Crippen LogP contribution < -0.4 is 9.47 Å². The molecule has 21 heavy (non-hydrogen) atoms. The van der Waals surface area contributed by atoms with Crippen molar-refractivity contribution in [3.05, 3.63) is 55.1 Å². The van der Waals surface area contributed by atoms with Crippen molar-refractivity contribution in [2.75, 3.05) is 14.2 Å². The van der Waals surface area contributed by atoms with Crippen molar-refractivity contribution in [1.29, 1.82) is 0 Å². The zero-order valence-corrected chi connectivity index (χ0v) is 16.5. The van der Waals surface area contributed by atoms with E-state index in [1.807, 2.05) is 30.3 Å². The Hall–Kier alpha value is -0.170. The Labute approximate surface area is 156 Å². The van der Waals surface area contributed by atoms with Crippen LogP contribution in [0.3, 0.4) is 0 Å². The second kappa shape index (κ2) is 7.40. The van der Waals surface area contributed by atoms with Gasteiger partial charge in [0.2, 0.25) is 0 Å². The highest BCUT2D eigenvalue weighted by atomic mass is 127. The summed E-state index contributed by atoms with van der Waals surface area (Å²) in [4.78, 5) is -0.0820. The van der Waals surface area contributed by atoms with E-state index < -0.39 is 0 Å². The van der Waals surface area contributed by atoms with Gasteiger partial charge in [0.15, 0.2) is 0 Å². The summed E-state index contributed by atoms with van der Waals surface area (Å²) >= 11 is 18.4. The fourth-order valence-electron chi connectivity index (χ4n) is 1.99. The lowest BCUT2D eigenvalue weighted by atomic mass is 10.0. The maximum absolute atomic E-state index is 6.32. The predicted octanol–water partition coefficient (Wildman–Crippen LogP) is 6.10. The molecule has 0 fully saturated rings. The molecule has 0 saturated heterocycles. The van der Waals surface area contributed by atoms with Crippen molar-refractivity contribution in [3.63, 3.8) is 0 Å². The average Bonchev–Trinajstić information content (AvgIpc) is 2.48. The van der Waals surface area contributed by atoms with E-state index in [1.165, 1.54) is 0 Å². The van der Waals surface area contributed by atoms with E-state index in [4.69, 9.17) is 32.7 Å². The summed E-state index contributed by atoms with van der Waals surface area (Å²) in [6.45, 7) is 0. The Bertz CT molecular complexity index is 664. The van der Waals surface area contributed by atoms with Crippen LogP contribution >= 0.6 is 61.7 Å². The first-order chi connectivity index (χ1) is 9.99. The summed E-state index contributed by atoms with van der Waals surface area (Å²) in [7, 11) is 3.17. The van der Waals surface area contributed by atoms with Gasteiger partial charge in [0.05, 0.1) is 19.0 Å². The number of halogens is 4. The van der Waals surface area contributed by atoms with Gasteiger partial charge in [-0.25, -0.2) is 0 Å². The van der Waals surface area contributed by atoms with Crippen molar-refractivity contribution < 1.29 is 9.47 Å². The molecular formula is C15H12BrCl2IO2. The average molecular weight is 502 g/mol. The third kappa shape index (κ3) is 3.60. The van der Waals surface area contributed by atoms with Crippen LogP contribution in [0.5, 0.6) is 11.5 Å². The van der Waals surface area contributed by atoms with Gasteiger partial charge in [-0.15, -0.1) is 0 Å². The van der Waals surface area contributed by atoms with Crippen molar-refractivity contribution in [1.82, 2.24) is 0 Å². The monoisotopic (exact) mass is 500 g/mol. The number of hydrogen-bond donors (Lipinski definition) is 0. The molecule has 2 aromatic rings. The molecule has 0 amide bonds. The molecular weight excluding hydrogens is 490 g/mol. The molecule has 2 nitrogen and oxygen atoms in total. The zero-order chi connectivity index (χ0) is 15.6. The van der Waals surface area contributed by atoms with E-state index in [0.29, 0.717) is 21.5 Å². The smallest absolute Gasteiger partial charge is 0.145 e. The van der Waals surface area contributed by atoms with Crippen LogP contribution in [-0.2, 0) is 0 Å². The molecule has 0 aliphatic rings. The lowest BCUT2D eigenvalue weighted by molar-refractivity contribution is 0.392. The van der Waals surface area contributed by atoms with Gasteiger partial charge in [-0.2, -0.15) is 0 Å². The van der Waals surface area contributed by atoms with Crippen LogP contribution in [0, 0.1) is 3.57 Å². The molecule has 0 heterocycles. The summed E-state index contributed by atoms with van der Waals surface area (Å²) in [6, 6.07) is 9.53. The van der Waals surface area contributed by atoms with Crippen LogP contribution in [-0.4, -0.2) is 14.2 Å². The van der Waals surface area contributed by atoms with E-state index in [2.05, 4.69) is 38.5 Å². The lowest BCUT2D eigenvalue weighted by Gasteiger charge is -2.18. The normalized spacial score (nSPS) is 12.1. The molecule has 1 atom stereocenters. The van der Waals surface area contributed by atoms with Gasteiger partial charge in [-0.05, 0) is 52.4 Å². The first-order valence-corrected chi connectivity index (χ1v) is 8.74. The Morgan fingerprint density at radius 3 is 2.38 bits per heavy atom. The Morgan fingerprint density at radius 1 is 1.05 bits per heavy atom. The maximum atomic E-state index is 6.32. The van der Waals surface area contributed by atoms with Gasteiger partial charge in [0, 0.05) is 14.2 Å². The van der Waals surface area contributed by atoms with Crippen molar-refractivity contribution >= 4 is 61.7 Å². The van der Waals surface area contributed by atoms with E-state index >= 15 is 0 Å². The highest BCUT2D eigenvalue weighted by Crippen LogP contribution is 2.45. The highest BCUT2D eigenvalue weighted by molar-refractivity contribution is 14.1. The summed E-state index contributed by atoms with van der Waals surface area (Å²) in [5.41, 5.74) is 1.98. The number of rotatable bonds is 4. The van der Waals surface area contributed by atoms with Gasteiger partial charge in [-0.3, -0.25) is 0 Å². The molecule has 0 bridgehead atoms. The van der Waals surface area contributed by atoms with Crippen molar-refractivity contribution in [3.8, 4) is 11.5 Å². The third-order valence-electron chi connectivity index (χ3n) is 3.02. The van der Waals surface area contributed by atoms with Crippen LogP contribution in [0.15, 0.2) is 30.3 Å². The number of ether oxygens (including phenoxy) is 2. The van der Waals surface area contributed by atoms with Crippen LogP contribution in [0.1, 0.15) is 16.0 Å². The topological polar surface area (TPSA) is 18.5 Å². The van der Waals surface area contributed by atoms with Crippen LogP contribution in [0.4, 0.5) is 0 Å². The third-order valence-corrected chi connectivity index (χ3v) is 5.58. The molecule has 0 saturated carbocycles.